The first-order valence-corrected chi connectivity index (χ1v) is 9.03. The molecular formula is C18H25N3O3S. The van der Waals surface area contributed by atoms with Crippen LogP contribution in [0.4, 0.5) is 5.00 Å². The molecule has 0 aliphatic heterocycles. The standard InChI is InChI=1S/C18H25N3O3S/c1-11(2)9-18(4,10-19)21-17(23)15-12(3)8-14(25-15)20-16(22)13-6-5-7-24-13/h5-8,11H,9-10,19H2,1-4H3,(H,20,22)(H,21,23). The normalized spacial score (nSPS) is 13.5. The largest absolute Gasteiger partial charge is 0.459 e. The molecule has 2 rings (SSSR count). The van der Waals surface area contributed by atoms with Gasteiger partial charge in [-0.1, -0.05) is 13.8 Å². The second-order valence-electron chi connectivity index (χ2n) is 6.87. The summed E-state index contributed by atoms with van der Waals surface area (Å²) in [6.45, 7) is 8.35. The number of thiophene rings is 1. The number of carbonyl (C=O) groups excluding carboxylic acids is 2. The molecule has 0 radical (unpaired) electrons. The van der Waals surface area contributed by atoms with Crippen molar-refractivity contribution in [2.75, 3.05) is 11.9 Å². The Morgan fingerprint density at radius 2 is 2.08 bits per heavy atom. The lowest BCUT2D eigenvalue weighted by atomic mass is 9.90. The highest BCUT2D eigenvalue weighted by atomic mass is 32.1. The van der Waals surface area contributed by atoms with Gasteiger partial charge >= 0.3 is 0 Å². The van der Waals surface area contributed by atoms with Gasteiger partial charge in [-0.3, -0.25) is 9.59 Å². The van der Waals surface area contributed by atoms with Crippen molar-refractivity contribution in [3.8, 4) is 0 Å². The monoisotopic (exact) mass is 363 g/mol. The fourth-order valence-corrected chi connectivity index (χ4v) is 3.73. The second kappa shape index (κ2) is 7.84. The number of anilines is 1. The predicted molar refractivity (Wildman–Crippen MR) is 100 cm³/mol. The minimum Gasteiger partial charge on any atom is -0.459 e. The van der Waals surface area contributed by atoms with Crippen molar-refractivity contribution < 1.29 is 14.0 Å². The molecule has 1 unspecified atom stereocenters. The molecule has 25 heavy (non-hydrogen) atoms. The molecule has 0 fully saturated rings. The molecule has 0 aliphatic carbocycles. The molecule has 0 saturated carbocycles. The maximum Gasteiger partial charge on any atom is 0.291 e. The van der Waals surface area contributed by atoms with Crippen LogP contribution >= 0.6 is 11.3 Å². The number of amides is 2. The van der Waals surface area contributed by atoms with Crippen LogP contribution in [0.5, 0.6) is 0 Å². The first kappa shape index (κ1) is 19.2. The zero-order valence-electron chi connectivity index (χ0n) is 15.0. The Morgan fingerprint density at radius 3 is 2.64 bits per heavy atom. The van der Waals surface area contributed by atoms with Gasteiger partial charge in [-0.2, -0.15) is 0 Å². The van der Waals surface area contributed by atoms with E-state index in [1.807, 2.05) is 13.8 Å². The Bertz CT molecular complexity index is 737. The summed E-state index contributed by atoms with van der Waals surface area (Å²) in [5.41, 5.74) is 6.21. The molecule has 136 valence electrons. The van der Waals surface area contributed by atoms with Gasteiger partial charge in [0, 0.05) is 6.54 Å². The van der Waals surface area contributed by atoms with E-state index in [2.05, 4.69) is 24.5 Å². The van der Waals surface area contributed by atoms with Gasteiger partial charge in [0.1, 0.15) is 0 Å². The smallest absolute Gasteiger partial charge is 0.291 e. The van der Waals surface area contributed by atoms with E-state index in [0.717, 1.165) is 12.0 Å². The molecule has 2 amide bonds. The number of nitrogens with one attached hydrogen (secondary N) is 2. The third-order valence-corrected chi connectivity index (χ3v) is 4.98. The SMILES string of the molecule is Cc1cc(NC(=O)c2ccco2)sc1C(=O)NC(C)(CN)CC(C)C. The highest BCUT2D eigenvalue weighted by molar-refractivity contribution is 7.18. The van der Waals surface area contributed by atoms with E-state index in [0.29, 0.717) is 22.3 Å². The van der Waals surface area contributed by atoms with Gasteiger partial charge in [-0.15, -0.1) is 11.3 Å². The highest BCUT2D eigenvalue weighted by Crippen LogP contribution is 2.28. The zero-order valence-corrected chi connectivity index (χ0v) is 15.8. The molecule has 2 heterocycles. The average molecular weight is 363 g/mol. The number of rotatable bonds is 7. The van der Waals surface area contributed by atoms with Crippen molar-refractivity contribution in [1.82, 2.24) is 5.32 Å². The topological polar surface area (TPSA) is 97.4 Å². The number of hydrogen-bond acceptors (Lipinski definition) is 5. The molecule has 0 saturated heterocycles. The second-order valence-corrected chi connectivity index (χ2v) is 7.92. The van der Waals surface area contributed by atoms with E-state index in [-0.39, 0.29) is 17.6 Å². The van der Waals surface area contributed by atoms with Gasteiger partial charge in [0.2, 0.25) is 0 Å². The van der Waals surface area contributed by atoms with Crippen LogP contribution < -0.4 is 16.4 Å². The Hall–Kier alpha value is -2.12. The summed E-state index contributed by atoms with van der Waals surface area (Å²) in [5, 5.41) is 6.39. The summed E-state index contributed by atoms with van der Waals surface area (Å²) in [5.74, 6) is 0.130. The molecule has 0 aliphatic rings. The quantitative estimate of drug-likeness (QED) is 0.702. The fourth-order valence-electron chi connectivity index (χ4n) is 2.77. The summed E-state index contributed by atoms with van der Waals surface area (Å²) in [6.07, 6.45) is 2.23. The summed E-state index contributed by atoms with van der Waals surface area (Å²) < 4.78 is 5.07. The van der Waals surface area contributed by atoms with Crippen LogP contribution in [0.15, 0.2) is 28.9 Å². The van der Waals surface area contributed by atoms with Crippen LogP contribution in [-0.4, -0.2) is 23.9 Å². The molecule has 2 aromatic heterocycles. The Kier molecular flexibility index (Phi) is 6.02. The molecule has 4 N–H and O–H groups in total. The molecule has 0 spiro atoms. The van der Waals surface area contributed by atoms with Crippen molar-refractivity contribution in [2.24, 2.45) is 11.7 Å². The Morgan fingerprint density at radius 1 is 1.36 bits per heavy atom. The molecule has 2 aromatic rings. The minimum absolute atomic E-state index is 0.172. The van der Waals surface area contributed by atoms with E-state index in [1.54, 1.807) is 18.2 Å². The summed E-state index contributed by atoms with van der Waals surface area (Å²) in [7, 11) is 0. The van der Waals surface area contributed by atoms with E-state index in [4.69, 9.17) is 10.2 Å². The van der Waals surface area contributed by atoms with Crippen molar-refractivity contribution in [1.29, 1.82) is 0 Å². The number of carbonyl (C=O) groups is 2. The molecule has 0 aromatic carbocycles. The summed E-state index contributed by atoms with van der Waals surface area (Å²) in [6, 6.07) is 5.01. The van der Waals surface area contributed by atoms with Crippen molar-refractivity contribution in [3.63, 3.8) is 0 Å². The summed E-state index contributed by atoms with van der Waals surface area (Å²) in [4.78, 5) is 25.3. The van der Waals surface area contributed by atoms with Crippen LogP contribution in [-0.2, 0) is 0 Å². The van der Waals surface area contributed by atoms with Gasteiger partial charge in [0.05, 0.1) is 21.7 Å². The third kappa shape index (κ3) is 4.93. The average Bonchev–Trinajstić information content (AvgIpc) is 3.16. The Labute approximate surface area is 151 Å². The maximum atomic E-state index is 12.7. The summed E-state index contributed by atoms with van der Waals surface area (Å²) >= 11 is 1.24. The molecule has 0 bridgehead atoms. The van der Waals surface area contributed by atoms with Crippen LogP contribution in [0.25, 0.3) is 0 Å². The van der Waals surface area contributed by atoms with Crippen molar-refractivity contribution >= 4 is 28.2 Å². The lowest BCUT2D eigenvalue weighted by molar-refractivity contribution is 0.0901. The van der Waals surface area contributed by atoms with Gasteiger partial charge in [-0.05, 0) is 49.9 Å². The first-order valence-electron chi connectivity index (χ1n) is 8.22. The predicted octanol–water partition coefficient (Wildman–Crippen LogP) is 3.40. The molecule has 7 heteroatoms. The van der Waals surface area contributed by atoms with Crippen molar-refractivity contribution in [3.05, 3.63) is 40.7 Å². The van der Waals surface area contributed by atoms with Gasteiger partial charge in [0.25, 0.3) is 11.8 Å². The van der Waals surface area contributed by atoms with Crippen LogP contribution in [0.1, 0.15) is 53.0 Å². The third-order valence-electron chi connectivity index (χ3n) is 3.83. The lowest BCUT2D eigenvalue weighted by Gasteiger charge is -2.31. The molecular weight excluding hydrogens is 338 g/mol. The number of furan rings is 1. The minimum atomic E-state index is -0.459. The van der Waals surface area contributed by atoms with Gasteiger partial charge < -0.3 is 20.8 Å². The van der Waals surface area contributed by atoms with Crippen LogP contribution in [0.3, 0.4) is 0 Å². The molecule has 6 nitrogen and oxygen atoms in total. The van der Waals surface area contributed by atoms with Crippen LogP contribution in [0, 0.1) is 12.8 Å². The molecule has 1 atom stereocenters. The van der Waals surface area contributed by atoms with E-state index >= 15 is 0 Å². The maximum absolute atomic E-state index is 12.7. The van der Waals surface area contributed by atoms with Gasteiger partial charge in [0.15, 0.2) is 5.76 Å². The Balaban J connectivity index is 2.10. The zero-order chi connectivity index (χ0) is 18.6. The van der Waals surface area contributed by atoms with Gasteiger partial charge in [-0.25, -0.2) is 0 Å². The van der Waals surface area contributed by atoms with Crippen LogP contribution in [0.2, 0.25) is 0 Å². The fraction of sp³-hybridized carbons (Fsp3) is 0.444. The van der Waals surface area contributed by atoms with E-state index in [9.17, 15) is 9.59 Å². The lowest BCUT2D eigenvalue weighted by Crippen LogP contribution is -2.52. The van der Waals surface area contributed by atoms with E-state index < -0.39 is 5.54 Å². The first-order chi connectivity index (χ1) is 11.7. The number of hydrogen-bond donors (Lipinski definition) is 3. The van der Waals surface area contributed by atoms with E-state index in [1.165, 1.54) is 17.6 Å². The number of aryl methyl sites for hydroxylation is 1. The number of nitrogens with two attached hydrogens (primary N) is 1. The highest BCUT2D eigenvalue weighted by Gasteiger charge is 2.28. The van der Waals surface area contributed by atoms with Crippen molar-refractivity contribution in [2.45, 2.75) is 39.7 Å².